The summed E-state index contributed by atoms with van der Waals surface area (Å²) in [4.78, 5) is 4.33. The third-order valence-corrected chi connectivity index (χ3v) is 3.82. The topological polar surface area (TPSA) is 52.0 Å². The van der Waals surface area contributed by atoms with Gasteiger partial charge < -0.3 is 10.2 Å². The molecule has 1 aromatic heterocycles. The summed E-state index contributed by atoms with van der Waals surface area (Å²) in [6.07, 6.45) is 6.31. The highest BCUT2D eigenvalue weighted by Crippen LogP contribution is 2.36. The summed E-state index contributed by atoms with van der Waals surface area (Å²) in [5.74, 6) is 0.677. The molecule has 1 aliphatic rings. The van der Waals surface area contributed by atoms with Crippen LogP contribution in [0.5, 0.6) is 0 Å². The van der Waals surface area contributed by atoms with E-state index in [2.05, 4.69) is 17.1 Å². The van der Waals surface area contributed by atoms with Crippen LogP contribution in [0.1, 0.15) is 36.9 Å². The SMILES string of the molecule is Cc1coc(-c2ccc(C3(N)CCCC3)cc2)n1. The Kier molecular flexibility index (Phi) is 2.71. The molecule has 1 aromatic carbocycles. The molecule has 0 radical (unpaired) electrons. The van der Waals surface area contributed by atoms with Crippen LogP contribution in [0, 0.1) is 6.92 Å². The van der Waals surface area contributed by atoms with E-state index in [0.29, 0.717) is 5.89 Å². The molecule has 3 heteroatoms. The number of hydrogen-bond donors (Lipinski definition) is 1. The van der Waals surface area contributed by atoms with Gasteiger partial charge in [-0.25, -0.2) is 4.98 Å². The first-order valence-corrected chi connectivity index (χ1v) is 6.49. The lowest BCUT2D eigenvalue weighted by molar-refractivity contribution is 0.461. The van der Waals surface area contributed by atoms with Gasteiger partial charge in [-0.2, -0.15) is 0 Å². The van der Waals surface area contributed by atoms with Crippen molar-refractivity contribution in [3.63, 3.8) is 0 Å². The van der Waals surface area contributed by atoms with Gasteiger partial charge in [0, 0.05) is 11.1 Å². The Labute approximate surface area is 107 Å². The average molecular weight is 242 g/mol. The van der Waals surface area contributed by atoms with E-state index < -0.39 is 0 Å². The summed E-state index contributed by atoms with van der Waals surface area (Å²) in [7, 11) is 0. The van der Waals surface area contributed by atoms with E-state index in [-0.39, 0.29) is 5.54 Å². The van der Waals surface area contributed by atoms with Crippen LogP contribution in [0.15, 0.2) is 34.9 Å². The minimum atomic E-state index is -0.120. The van der Waals surface area contributed by atoms with Crippen molar-refractivity contribution in [3.05, 3.63) is 41.8 Å². The summed E-state index contributed by atoms with van der Waals surface area (Å²) in [5, 5.41) is 0. The number of hydrogen-bond acceptors (Lipinski definition) is 3. The van der Waals surface area contributed by atoms with Gasteiger partial charge in [-0.15, -0.1) is 0 Å². The Morgan fingerprint density at radius 1 is 1.17 bits per heavy atom. The van der Waals surface area contributed by atoms with Crippen LogP contribution in [-0.2, 0) is 5.54 Å². The van der Waals surface area contributed by atoms with Crippen LogP contribution >= 0.6 is 0 Å². The lowest BCUT2D eigenvalue weighted by Gasteiger charge is -2.24. The standard InChI is InChI=1S/C15H18N2O/c1-11-10-18-14(17-11)12-4-6-13(7-5-12)15(16)8-2-3-9-15/h4-7,10H,2-3,8-9,16H2,1H3. The Morgan fingerprint density at radius 2 is 1.83 bits per heavy atom. The lowest BCUT2D eigenvalue weighted by atomic mass is 9.89. The molecule has 0 bridgehead atoms. The van der Waals surface area contributed by atoms with Gasteiger partial charge in [0.25, 0.3) is 0 Å². The normalized spacial score (nSPS) is 18.1. The molecule has 2 N–H and O–H groups in total. The Bertz CT molecular complexity index is 536. The fourth-order valence-electron chi connectivity index (χ4n) is 2.73. The van der Waals surface area contributed by atoms with E-state index in [1.165, 1.54) is 18.4 Å². The quantitative estimate of drug-likeness (QED) is 0.878. The summed E-state index contributed by atoms with van der Waals surface area (Å²) in [6, 6.07) is 8.32. The molecule has 0 aliphatic heterocycles. The highest BCUT2D eigenvalue weighted by atomic mass is 16.3. The monoisotopic (exact) mass is 242 g/mol. The molecule has 3 nitrogen and oxygen atoms in total. The van der Waals surface area contributed by atoms with Crippen LogP contribution in [0.4, 0.5) is 0 Å². The number of aromatic nitrogens is 1. The minimum absolute atomic E-state index is 0.120. The van der Waals surface area contributed by atoms with Crippen molar-refractivity contribution in [2.75, 3.05) is 0 Å². The molecule has 0 atom stereocenters. The fourth-order valence-corrected chi connectivity index (χ4v) is 2.73. The van der Waals surface area contributed by atoms with Gasteiger partial charge in [-0.1, -0.05) is 25.0 Å². The zero-order valence-corrected chi connectivity index (χ0v) is 10.6. The number of nitrogens with two attached hydrogens (primary N) is 1. The number of oxazole rings is 1. The van der Waals surface area contributed by atoms with Gasteiger partial charge in [0.2, 0.25) is 5.89 Å². The molecule has 1 aliphatic carbocycles. The van der Waals surface area contributed by atoms with Gasteiger partial charge in [0.15, 0.2) is 0 Å². The average Bonchev–Trinajstić information content (AvgIpc) is 3.00. The maximum absolute atomic E-state index is 6.43. The van der Waals surface area contributed by atoms with Crippen molar-refractivity contribution < 1.29 is 4.42 Å². The molecule has 1 saturated carbocycles. The Morgan fingerprint density at radius 3 is 2.39 bits per heavy atom. The predicted octanol–water partition coefficient (Wildman–Crippen LogP) is 3.38. The first-order valence-electron chi connectivity index (χ1n) is 6.49. The van der Waals surface area contributed by atoms with Crippen LogP contribution < -0.4 is 5.73 Å². The second kappa shape index (κ2) is 4.25. The maximum Gasteiger partial charge on any atom is 0.226 e. The molecule has 0 saturated heterocycles. The number of aryl methyl sites for hydroxylation is 1. The van der Waals surface area contributed by atoms with Gasteiger partial charge >= 0.3 is 0 Å². The third kappa shape index (κ3) is 1.95. The van der Waals surface area contributed by atoms with E-state index in [1.54, 1.807) is 6.26 Å². The van der Waals surface area contributed by atoms with E-state index in [1.807, 2.05) is 19.1 Å². The first-order chi connectivity index (χ1) is 8.67. The van der Waals surface area contributed by atoms with E-state index in [9.17, 15) is 0 Å². The zero-order valence-electron chi connectivity index (χ0n) is 10.6. The summed E-state index contributed by atoms with van der Waals surface area (Å²) < 4.78 is 5.40. The van der Waals surface area contributed by atoms with Crippen LogP contribution in [0.2, 0.25) is 0 Å². The van der Waals surface area contributed by atoms with Crippen molar-refractivity contribution in [3.8, 4) is 11.5 Å². The Balaban J connectivity index is 1.89. The second-order valence-corrected chi connectivity index (χ2v) is 5.23. The van der Waals surface area contributed by atoms with Crippen molar-refractivity contribution in [1.82, 2.24) is 4.98 Å². The molecule has 0 unspecified atom stereocenters. The van der Waals surface area contributed by atoms with E-state index in [0.717, 1.165) is 24.1 Å². The summed E-state index contributed by atoms with van der Waals surface area (Å²) >= 11 is 0. The number of rotatable bonds is 2. The van der Waals surface area contributed by atoms with Gasteiger partial charge in [0.05, 0.1) is 5.69 Å². The summed E-state index contributed by atoms with van der Waals surface area (Å²) in [5.41, 5.74) is 9.45. The second-order valence-electron chi connectivity index (χ2n) is 5.23. The number of benzene rings is 1. The smallest absolute Gasteiger partial charge is 0.226 e. The van der Waals surface area contributed by atoms with Crippen LogP contribution in [0.3, 0.4) is 0 Å². The molecule has 0 amide bonds. The zero-order chi connectivity index (χ0) is 12.6. The molecule has 18 heavy (non-hydrogen) atoms. The number of nitrogens with zero attached hydrogens (tertiary/aromatic N) is 1. The first kappa shape index (κ1) is 11.5. The van der Waals surface area contributed by atoms with Gasteiger partial charge in [-0.3, -0.25) is 0 Å². The largest absolute Gasteiger partial charge is 0.444 e. The van der Waals surface area contributed by atoms with Gasteiger partial charge in [0.1, 0.15) is 6.26 Å². The highest BCUT2D eigenvalue weighted by Gasteiger charge is 2.30. The van der Waals surface area contributed by atoms with E-state index in [4.69, 9.17) is 10.2 Å². The van der Waals surface area contributed by atoms with E-state index >= 15 is 0 Å². The molecule has 2 aromatic rings. The highest BCUT2D eigenvalue weighted by molar-refractivity contribution is 5.54. The molecule has 94 valence electrons. The third-order valence-electron chi connectivity index (χ3n) is 3.82. The van der Waals surface area contributed by atoms with Crippen LogP contribution in [0.25, 0.3) is 11.5 Å². The lowest BCUT2D eigenvalue weighted by Crippen LogP contribution is -2.32. The van der Waals surface area contributed by atoms with Crippen molar-refractivity contribution >= 4 is 0 Å². The minimum Gasteiger partial charge on any atom is -0.444 e. The molecular weight excluding hydrogens is 224 g/mol. The van der Waals surface area contributed by atoms with Gasteiger partial charge in [-0.05, 0) is 37.5 Å². The molecule has 3 rings (SSSR count). The predicted molar refractivity (Wildman–Crippen MR) is 71.0 cm³/mol. The molecule has 0 spiro atoms. The molecule has 1 heterocycles. The van der Waals surface area contributed by atoms with Crippen LogP contribution in [-0.4, -0.2) is 4.98 Å². The maximum atomic E-state index is 6.43. The van der Waals surface area contributed by atoms with Crippen molar-refractivity contribution in [1.29, 1.82) is 0 Å². The van der Waals surface area contributed by atoms with Crippen molar-refractivity contribution in [2.45, 2.75) is 38.1 Å². The van der Waals surface area contributed by atoms with Crippen molar-refractivity contribution in [2.24, 2.45) is 5.73 Å². The fraction of sp³-hybridized carbons (Fsp3) is 0.400. The molecule has 1 fully saturated rings. The Hall–Kier alpha value is -1.61. The molecular formula is C15H18N2O. The summed E-state index contributed by atoms with van der Waals surface area (Å²) in [6.45, 7) is 1.93.